The van der Waals surface area contributed by atoms with E-state index in [0.29, 0.717) is 26.9 Å². The third kappa shape index (κ3) is 3.72. The minimum absolute atomic E-state index is 0.262. The first-order valence-electron chi connectivity index (χ1n) is 8.95. The summed E-state index contributed by atoms with van der Waals surface area (Å²) in [5, 5.41) is 0.606. The number of nitrogens with zero attached hydrogens (tertiary/aromatic N) is 1. The van der Waals surface area contributed by atoms with Crippen molar-refractivity contribution in [2.75, 3.05) is 12.0 Å². The van der Waals surface area contributed by atoms with E-state index in [1.54, 1.807) is 30.3 Å². The number of methoxy groups -OCH3 is 1. The molecule has 0 saturated carbocycles. The third-order valence-corrected chi connectivity index (χ3v) is 6.37. The van der Waals surface area contributed by atoms with Gasteiger partial charge in [-0.3, -0.25) is 9.59 Å². The van der Waals surface area contributed by atoms with Gasteiger partial charge in [-0.1, -0.05) is 71.4 Å². The van der Waals surface area contributed by atoms with Crippen LogP contribution in [0.4, 0.5) is 5.69 Å². The van der Waals surface area contributed by atoms with Crippen LogP contribution in [0.3, 0.4) is 0 Å². The van der Waals surface area contributed by atoms with Crippen molar-refractivity contribution in [2.45, 2.75) is 4.90 Å². The fourth-order valence-corrected chi connectivity index (χ4v) is 4.46. The summed E-state index contributed by atoms with van der Waals surface area (Å²) in [6, 6.07) is 21.2. The predicted molar refractivity (Wildman–Crippen MR) is 121 cm³/mol. The fraction of sp³-hybridized carbons (Fsp3) is 0.0435. The van der Waals surface area contributed by atoms with E-state index in [1.165, 1.54) is 24.9 Å². The molecule has 2 amide bonds. The average molecular weight is 456 g/mol. The van der Waals surface area contributed by atoms with E-state index < -0.39 is 11.8 Å². The number of hydrogen-bond donors (Lipinski definition) is 0. The maximum absolute atomic E-state index is 13.5. The third-order valence-electron chi connectivity index (χ3n) is 4.54. The van der Waals surface area contributed by atoms with Gasteiger partial charge in [0.2, 0.25) is 0 Å². The molecule has 1 aliphatic heterocycles. The highest BCUT2D eigenvalue weighted by Gasteiger charge is 2.41. The zero-order valence-electron chi connectivity index (χ0n) is 15.8. The van der Waals surface area contributed by atoms with E-state index in [-0.39, 0.29) is 10.6 Å². The topological polar surface area (TPSA) is 46.6 Å². The van der Waals surface area contributed by atoms with Crippen molar-refractivity contribution in [3.05, 3.63) is 93.3 Å². The van der Waals surface area contributed by atoms with Crippen LogP contribution in [0, 0.1) is 0 Å². The first kappa shape index (κ1) is 20.5. The second-order valence-electron chi connectivity index (χ2n) is 6.36. The average Bonchev–Trinajstić information content (AvgIpc) is 3.00. The molecule has 0 aliphatic carbocycles. The number of amides is 2. The van der Waals surface area contributed by atoms with E-state index in [2.05, 4.69) is 0 Å². The van der Waals surface area contributed by atoms with Gasteiger partial charge in [0, 0.05) is 10.5 Å². The molecule has 1 heterocycles. The normalized spacial score (nSPS) is 13.9. The smallest absolute Gasteiger partial charge is 0.272 e. The second kappa shape index (κ2) is 8.56. The molecule has 1 aliphatic rings. The monoisotopic (exact) mass is 455 g/mol. The zero-order valence-corrected chi connectivity index (χ0v) is 18.1. The summed E-state index contributed by atoms with van der Waals surface area (Å²) in [5.41, 5.74) is 1.20. The van der Waals surface area contributed by atoms with Gasteiger partial charge in [-0.25, -0.2) is 4.90 Å². The molecule has 4 rings (SSSR count). The summed E-state index contributed by atoms with van der Waals surface area (Å²) in [7, 11) is 1.53. The highest BCUT2D eigenvalue weighted by atomic mass is 35.5. The van der Waals surface area contributed by atoms with Crippen molar-refractivity contribution in [3.8, 4) is 5.75 Å². The standard InChI is InChI=1S/C23H15Cl2NO3S/c1-29-19-10-6-5-9-16(19)20-21(30-15-7-3-2-4-8-15)23(28)26(22(20)27)14-11-12-17(24)18(25)13-14/h2-13H,1H3. The van der Waals surface area contributed by atoms with Gasteiger partial charge in [-0.05, 0) is 36.4 Å². The Morgan fingerprint density at radius 3 is 2.23 bits per heavy atom. The summed E-state index contributed by atoms with van der Waals surface area (Å²) < 4.78 is 5.45. The van der Waals surface area contributed by atoms with E-state index >= 15 is 0 Å². The lowest BCUT2D eigenvalue weighted by molar-refractivity contribution is -0.119. The van der Waals surface area contributed by atoms with Crippen LogP contribution >= 0.6 is 35.0 Å². The number of carbonyl (C=O) groups excluding carboxylic acids is 2. The van der Waals surface area contributed by atoms with Gasteiger partial charge in [0.15, 0.2) is 0 Å². The number of carbonyl (C=O) groups is 2. The molecule has 30 heavy (non-hydrogen) atoms. The van der Waals surface area contributed by atoms with Crippen LogP contribution in [-0.2, 0) is 9.59 Å². The Hall–Kier alpha value is -2.73. The molecule has 3 aromatic rings. The molecule has 0 atom stereocenters. The van der Waals surface area contributed by atoms with Gasteiger partial charge in [-0.15, -0.1) is 0 Å². The number of halogens is 2. The van der Waals surface area contributed by atoms with Crippen LogP contribution in [-0.4, -0.2) is 18.9 Å². The quantitative estimate of drug-likeness (QED) is 0.437. The summed E-state index contributed by atoms with van der Waals surface area (Å²) in [6.07, 6.45) is 0. The van der Waals surface area contributed by atoms with Gasteiger partial charge >= 0.3 is 0 Å². The van der Waals surface area contributed by atoms with Crippen molar-refractivity contribution in [1.29, 1.82) is 0 Å². The van der Waals surface area contributed by atoms with Crippen molar-refractivity contribution >= 4 is 58.0 Å². The molecule has 4 nitrogen and oxygen atoms in total. The van der Waals surface area contributed by atoms with Crippen LogP contribution in [0.15, 0.2) is 82.6 Å². The Morgan fingerprint density at radius 1 is 0.833 bits per heavy atom. The molecule has 0 bridgehead atoms. The van der Waals surface area contributed by atoms with E-state index in [0.717, 1.165) is 9.80 Å². The van der Waals surface area contributed by atoms with Gasteiger partial charge in [0.25, 0.3) is 11.8 Å². The molecule has 0 radical (unpaired) electrons. The molecule has 3 aromatic carbocycles. The number of hydrogen-bond acceptors (Lipinski definition) is 4. The van der Waals surface area contributed by atoms with Crippen LogP contribution in [0.2, 0.25) is 10.0 Å². The SMILES string of the molecule is COc1ccccc1C1=C(Sc2ccccc2)C(=O)N(c2ccc(Cl)c(Cl)c2)C1=O. The fourth-order valence-electron chi connectivity index (χ4n) is 3.16. The maximum atomic E-state index is 13.5. The second-order valence-corrected chi connectivity index (χ2v) is 8.26. The minimum atomic E-state index is -0.443. The number of para-hydroxylation sites is 1. The zero-order chi connectivity index (χ0) is 21.3. The largest absolute Gasteiger partial charge is 0.496 e. The van der Waals surface area contributed by atoms with Crippen molar-refractivity contribution in [1.82, 2.24) is 0 Å². The molecule has 7 heteroatoms. The summed E-state index contributed by atoms with van der Waals surface area (Å²) in [5.74, 6) is -0.356. The van der Waals surface area contributed by atoms with Gasteiger partial charge in [0.05, 0.1) is 33.3 Å². The number of imide groups is 1. The van der Waals surface area contributed by atoms with Crippen LogP contribution in [0.25, 0.3) is 5.57 Å². The molecule has 0 fully saturated rings. The lowest BCUT2D eigenvalue weighted by Crippen LogP contribution is -2.31. The van der Waals surface area contributed by atoms with Crippen molar-refractivity contribution in [2.24, 2.45) is 0 Å². The Morgan fingerprint density at radius 2 is 1.53 bits per heavy atom. The van der Waals surface area contributed by atoms with Crippen molar-refractivity contribution in [3.63, 3.8) is 0 Å². The number of ether oxygens (including phenoxy) is 1. The number of anilines is 1. The molecular weight excluding hydrogens is 441 g/mol. The van der Waals surface area contributed by atoms with Gasteiger partial charge in [-0.2, -0.15) is 0 Å². The first-order valence-corrected chi connectivity index (χ1v) is 10.5. The number of rotatable bonds is 5. The molecule has 0 spiro atoms. The molecule has 0 unspecified atom stereocenters. The highest BCUT2D eigenvalue weighted by molar-refractivity contribution is 8.04. The number of thioether (sulfide) groups is 1. The predicted octanol–water partition coefficient (Wildman–Crippen LogP) is 6.08. The van der Waals surface area contributed by atoms with Crippen LogP contribution < -0.4 is 9.64 Å². The summed E-state index contributed by atoms with van der Waals surface area (Å²) >= 11 is 13.4. The molecule has 0 N–H and O–H groups in total. The molecule has 0 aromatic heterocycles. The molecule has 150 valence electrons. The summed E-state index contributed by atoms with van der Waals surface area (Å²) in [4.78, 5) is 29.2. The Kier molecular flexibility index (Phi) is 5.86. The van der Waals surface area contributed by atoms with Crippen molar-refractivity contribution < 1.29 is 14.3 Å². The Labute approximate surface area is 188 Å². The van der Waals surface area contributed by atoms with Crippen LogP contribution in [0.1, 0.15) is 5.56 Å². The Bertz CT molecular complexity index is 1180. The summed E-state index contributed by atoms with van der Waals surface area (Å²) in [6.45, 7) is 0. The van der Waals surface area contributed by atoms with Gasteiger partial charge in [0.1, 0.15) is 5.75 Å². The van der Waals surface area contributed by atoms with E-state index in [1.807, 2.05) is 36.4 Å². The maximum Gasteiger partial charge on any atom is 0.272 e. The molecule has 0 saturated heterocycles. The highest BCUT2D eigenvalue weighted by Crippen LogP contribution is 2.44. The minimum Gasteiger partial charge on any atom is -0.496 e. The lowest BCUT2D eigenvalue weighted by atomic mass is 10.0. The van der Waals surface area contributed by atoms with Gasteiger partial charge < -0.3 is 4.74 Å². The lowest BCUT2D eigenvalue weighted by Gasteiger charge is -2.16. The number of benzene rings is 3. The van der Waals surface area contributed by atoms with Crippen LogP contribution in [0.5, 0.6) is 5.75 Å². The van der Waals surface area contributed by atoms with E-state index in [9.17, 15) is 9.59 Å². The van der Waals surface area contributed by atoms with E-state index in [4.69, 9.17) is 27.9 Å². The molecular formula is C23H15Cl2NO3S. The first-order chi connectivity index (χ1) is 14.5. The Balaban J connectivity index is 1.87.